The number of carbonyl (C=O) groups excluding carboxylic acids is 3. The smallest absolute Gasteiger partial charge is 0.302 e. The van der Waals surface area contributed by atoms with Crippen LogP contribution in [0.4, 0.5) is 0 Å². The fourth-order valence-corrected chi connectivity index (χ4v) is 7.34. The lowest BCUT2D eigenvalue weighted by atomic mass is 9.47. The maximum absolute atomic E-state index is 12.6. The van der Waals surface area contributed by atoms with Crippen molar-refractivity contribution in [2.45, 2.75) is 57.4 Å². The molecule has 7 atom stereocenters. The highest BCUT2D eigenvalue weighted by atomic mass is 79.9. The quantitative estimate of drug-likeness (QED) is 0.478. The Morgan fingerprint density at radius 3 is 2.65 bits per heavy atom. The van der Waals surface area contributed by atoms with Crippen LogP contribution in [0.15, 0.2) is 23.8 Å². The molecule has 4 aliphatic rings. The van der Waals surface area contributed by atoms with E-state index in [9.17, 15) is 14.4 Å². The average Bonchev–Trinajstić information content (AvgIpc) is 2.88. The summed E-state index contributed by atoms with van der Waals surface area (Å²) >= 11 is 3.76. The van der Waals surface area contributed by atoms with E-state index in [1.54, 1.807) is 12.2 Å². The molecular formula is C21H25BrO4. The predicted octanol–water partition coefficient (Wildman–Crippen LogP) is 3.78. The van der Waals surface area contributed by atoms with Gasteiger partial charge in [-0.2, -0.15) is 0 Å². The molecule has 0 spiro atoms. The van der Waals surface area contributed by atoms with Crippen molar-refractivity contribution in [3.05, 3.63) is 23.8 Å². The zero-order chi connectivity index (χ0) is 18.9. The molecule has 0 radical (unpaired) electrons. The fourth-order valence-electron chi connectivity index (χ4n) is 6.25. The number of fused-ring (bicyclic) bond motifs is 5. The maximum atomic E-state index is 12.6. The third-order valence-corrected chi connectivity index (χ3v) is 8.61. The molecule has 0 aromatic carbocycles. The monoisotopic (exact) mass is 420 g/mol. The molecule has 0 aromatic heterocycles. The highest BCUT2D eigenvalue weighted by Gasteiger charge is 2.63. The SMILES string of the molecule is CC(=O)O[C@H]1[C@@H]2[C@H](CC[C@]3(C)C(=O)CC[C@@H]23)[C@@]2(C)C=CC(=O)C=C2[C@@H]1Br. The lowest BCUT2D eigenvalue weighted by molar-refractivity contribution is -0.161. The molecule has 4 aliphatic carbocycles. The van der Waals surface area contributed by atoms with Crippen LogP contribution < -0.4 is 0 Å². The Balaban J connectivity index is 1.83. The topological polar surface area (TPSA) is 60.4 Å². The first-order valence-electron chi connectivity index (χ1n) is 9.48. The molecular weight excluding hydrogens is 396 g/mol. The van der Waals surface area contributed by atoms with Crippen molar-refractivity contribution in [1.82, 2.24) is 0 Å². The Morgan fingerprint density at radius 1 is 1.23 bits per heavy atom. The Bertz CT molecular complexity index is 753. The van der Waals surface area contributed by atoms with Crippen LogP contribution in [0.25, 0.3) is 0 Å². The number of rotatable bonds is 1. The lowest BCUT2D eigenvalue weighted by Crippen LogP contribution is -2.59. The molecule has 26 heavy (non-hydrogen) atoms. The Morgan fingerprint density at radius 2 is 1.96 bits per heavy atom. The van der Waals surface area contributed by atoms with Gasteiger partial charge in [0.25, 0.3) is 0 Å². The van der Waals surface area contributed by atoms with Gasteiger partial charge in [0.2, 0.25) is 0 Å². The number of esters is 1. The largest absolute Gasteiger partial charge is 0.461 e. The normalized spacial score (nSPS) is 46.9. The van der Waals surface area contributed by atoms with Gasteiger partial charge in [0.1, 0.15) is 11.9 Å². The standard InChI is InChI=1S/C21H25BrO4/c1-11(23)26-19-17-13-4-5-16(25)21(13,3)9-7-14(17)20(2)8-6-12(24)10-15(20)18(19)22/h6,8,10,13-14,17-19H,4-5,7,9H2,1-3H3/t13-,14-,17-,18-,19-,20+,21-/m0/s1. The highest BCUT2D eigenvalue weighted by molar-refractivity contribution is 9.09. The van der Waals surface area contributed by atoms with Gasteiger partial charge in [-0.15, -0.1) is 0 Å². The summed E-state index contributed by atoms with van der Waals surface area (Å²) in [6, 6.07) is 0. The number of allylic oxidation sites excluding steroid dienone is 3. The van der Waals surface area contributed by atoms with E-state index < -0.39 is 0 Å². The van der Waals surface area contributed by atoms with Crippen molar-refractivity contribution in [1.29, 1.82) is 0 Å². The molecule has 0 amide bonds. The summed E-state index contributed by atoms with van der Waals surface area (Å²) < 4.78 is 5.82. The van der Waals surface area contributed by atoms with Gasteiger partial charge in [-0.25, -0.2) is 0 Å². The Kier molecular flexibility index (Phi) is 4.11. The predicted molar refractivity (Wildman–Crippen MR) is 101 cm³/mol. The first-order chi connectivity index (χ1) is 12.2. The van der Waals surface area contributed by atoms with Crippen molar-refractivity contribution in [3.63, 3.8) is 0 Å². The van der Waals surface area contributed by atoms with Crippen LogP contribution in [0, 0.1) is 28.6 Å². The Hall–Kier alpha value is -1.23. The van der Waals surface area contributed by atoms with Crippen LogP contribution in [0.5, 0.6) is 0 Å². The van der Waals surface area contributed by atoms with Crippen molar-refractivity contribution >= 4 is 33.5 Å². The summed E-state index contributed by atoms with van der Waals surface area (Å²) in [6.07, 6.45) is 8.35. The first kappa shape index (κ1) is 18.1. The van der Waals surface area contributed by atoms with E-state index in [0.717, 1.165) is 24.8 Å². The van der Waals surface area contributed by atoms with Crippen LogP contribution in [-0.4, -0.2) is 28.5 Å². The summed E-state index contributed by atoms with van der Waals surface area (Å²) in [5, 5.41) is 0. The third-order valence-electron chi connectivity index (χ3n) is 7.59. The van der Waals surface area contributed by atoms with Crippen LogP contribution in [0.2, 0.25) is 0 Å². The zero-order valence-corrected chi connectivity index (χ0v) is 17.0. The second kappa shape index (κ2) is 5.88. The summed E-state index contributed by atoms with van der Waals surface area (Å²) in [5.41, 5.74) is 0.458. The Labute approximate surface area is 162 Å². The summed E-state index contributed by atoms with van der Waals surface area (Å²) in [5.74, 6) is 0.640. The minimum Gasteiger partial charge on any atom is -0.461 e. The molecule has 3 saturated carbocycles. The van der Waals surface area contributed by atoms with Gasteiger partial charge >= 0.3 is 5.97 Å². The summed E-state index contributed by atoms with van der Waals surface area (Å²) in [4.78, 5) is 36.3. The second-order valence-corrected chi connectivity index (χ2v) is 9.79. The van der Waals surface area contributed by atoms with E-state index in [1.165, 1.54) is 6.92 Å². The number of ketones is 2. The second-order valence-electron chi connectivity index (χ2n) is 8.80. The fraction of sp³-hybridized carbons (Fsp3) is 0.667. The van der Waals surface area contributed by atoms with Gasteiger partial charge in [-0.05, 0) is 48.8 Å². The van der Waals surface area contributed by atoms with E-state index in [-0.39, 0.29) is 51.3 Å². The lowest BCUT2D eigenvalue weighted by Gasteiger charge is -2.59. The number of carbonyl (C=O) groups is 3. The van der Waals surface area contributed by atoms with Gasteiger partial charge in [-0.3, -0.25) is 14.4 Å². The highest BCUT2D eigenvalue weighted by Crippen LogP contribution is 2.64. The van der Waals surface area contributed by atoms with Crippen molar-refractivity contribution in [3.8, 4) is 0 Å². The van der Waals surface area contributed by atoms with Gasteiger partial charge in [0.05, 0.1) is 4.83 Å². The average molecular weight is 421 g/mol. The minimum absolute atomic E-state index is 0.0151. The third kappa shape index (κ3) is 2.35. The molecule has 5 heteroatoms. The van der Waals surface area contributed by atoms with Crippen molar-refractivity contribution in [2.24, 2.45) is 28.6 Å². The molecule has 0 N–H and O–H groups in total. The molecule has 0 aromatic rings. The van der Waals surface area contributed by atoms with Gasteiger partial charge in [0.15, 0.2) is 5.78 Å². The van der Waals surface area contributed by atoms with E-state index >= 15 is 0 Å². The minimum atomic E-state index is -0.341. The molecule has 4 nitrogen and oxygen atoms in total. The molecule has 0 aliphatic heterocycles. The molecule has 3 fully saturated rings. The van der Waals surface area contributed by atoms with E-state index in [2.05, 4.69) is 29.8 Å². The maximum Gasteiger partial charge on any atom is 0.302 e. The van der Waals surface area contributed by atoms with Crippen molar-refractivity contribution in [2.75, 3.05) is 0 Å². The molecule has 140 valence electrons. The number of alkyl halides is 1. The van der Waals surface area contributed by atoms with Crippen LogP contribution in [0.3, 0.4) is 0 Å². The van der Waals surface area contributed by atoms with E-state index in [4.69, 9.17) is 4.74 Å². The first-order valence-corrected chi connectivity index (χ1v) is 10.4. The number of hydrogen-bond acceptors (Lipinski definition) is 4. The molecule has 0 bridgehead atoms. The van der Waals surface area contributed by atoms with Crippen LogP contribution in [-0.2, 0) is 19.1 Å². The molecule has 0 saturated heterocycles. The van der Waals surface area contributed by atoms with Crippen molar-refractivity contribution < 1.29 is 19.1 Å². The van der Waals surface area contributed by atoms with Crippen LogP contribution in [0.1, 0.15) is 46.5 Å². The number of ether oxygens (including phenoxy) is 1. The summed E-state index contributed by atoms with van der Waals surface area (Å²) in [6.45, 7) is 5.73. The molecule has 4 rings (SSSR count). The van der Waals surface area contributed by atoms with Gasteiger partial charge in [-0.1, -0.05) is 35.9 Å². The number of halogens is 1. The van der Waals surface area contributed by atoms with E-state index in [1.807, 2.05) is 6.08 Å². The number of hydrogen-bond donors (Lipinski definition) is 0. The van der Waals surface area contributed by atoms with Gasteiger partial charge < -0.3 is 4.74 Å². The molecule has 0 heterocycles. The van der Waals surface area contributed by atoms with Gasteiger partial charge in [0, 0.05) is 30.1 Å². The molecule has 0 unspecified atom stereocenters. The zero-order valence-electron chi connectivity index (χ0n) is 15.5. The van der Waals surface area contributed by atoms with Crippen LogP contribution >= 0.6 is 15.9 Å². The van der Waals surface area contributed by atoms with E-state index in [0.29, 0.717) is 12.2 Å². The summed E-state index contributed by atoms with van der Waals surface area (Å²) in [7, 11) is 0. The number of Topliss-reactive ketones (excluding diaryl/α,β-unsaturated/α-hetero) is 1.